The molecule has 3 N–H and O–H groups in total. The smallest absolute Gasteiger partial charge is 0.462 e. The standard InChI is InChI=1S/C45H71O9P/c1-3-5-7-9-11-13-15-17-18-19-20-21-22-24-26-28-30-32-34-38-45(48)54-43(41-53-55(49,50)51)40-52-44(47)39-35-37-42(46)36-33-31-29-27-25-23-16-14-12-10-8-6-4-2/h11-14,17-18,20-21,23-26,29-33,36,42-43,46H,3-10,15-16,19,22,27-28,34-35,37-41H2,1-2H3,(H2,49,50,51)/b13-11-,14-12-,18-17-,21-20-,25-23-,26-24-,31-29-,32-30-,36-33+/t42-,43-/m1/s1. The van der Waals surface area contributed by atoms with Crippen LogP contribution in [0, 0.1) is 0 Å². The number of aliphatic hydroxyl groups is 1. The summed E-state index contributed by atoms with van der Waals surface area (Å²) in [6.45, 7) is 3.38. The fraction of sp³-hybridized carbons (Fsp3) is 0.556. The van der Waals surface area contributed by atoms with Crippen LogP contribution < -0.4 is 0 Å². The molecule has 0 amide bonds. The molecule has 55 heavy (non-hydrogen) atoms. The van der Waals surface area contributed by atoms with Crippen molar-refractivity contribution in [2.45, 2.75) is 148 Å². The summed E-state index contributed by atoms with van der Waals surface area (Å²) in [5.74, 6) is -1.20. The highest BCUT2D eigenvalue weighted by Gasteiger charge is 2.22. The van der Waals surface area contributed by atoms with Crippen LogP contribution in [0.2, 0.25) is 0 Å². The van der Waals surface area contributed by atoms with Crippen molar-refractivity contribution in [1.82, 2.24) is 0 Å². The number of phosphoric ester groups is 1. The van der Waals surface area contributed by atoms with Gasteiger partial charge in [0.05, 0.1) is 12.7 Å². The van der Waals surface area contributed by atoms with E-state index in [2.05, 4.69) is 85.2 Å². The second kappa shape index (κ2) is 38.9. The zero-order valence-electron chi connectivity index (χ0n) is 33.6. The maximum atomic E-state index is 12.4. The molecule has 0 aromatic carbocycles. The first-order valence-corrected chi connectivity index (χ1v) is 21.8. The largest absolute Gasteiger partial charge is 0.469 e. The molecule has 0 radical (unpaired) electrons. The lowest BCUT2D eigenvalue weighted by Crippen LogP contribution is -2.29. The third-order valence-corrected chi connectivity index (χ3v) is 8.37. The quantitative estimate of drug-likeness (QED) is 0.0188. The van der Waals surface area contributed by atoms with E-state index in [0.717, 1.165) is 44.9 Å². The highest BCUT2D eigenvalue weighted by atomic mass is 31.2. The first kappa shape index (κ1) is 51.7. The van der Waals surface area contributed by atoms with E-state index in [1.54, 1.807) is 12.2 Å². The predicted molar refractivity (Wildman–Crippen MR) is 226 cm³/mol. The average molecular weight is 787 g/mol. The molecule has 0 unspecified atom stereocenters. The van der Waals surface area contributed by atoms with Crippen LogP contribution in [0.1, 0.15) is 136 Å². The van der Waals surface area contributed by atoms with Crippen molar-refractivity contribution in [3.63, 3.8) is 0 Å². The van der Waals surface area contributed by atoms with E-state index in [0.29, 0.717) is 19.3 Å². The van der Waals surface area contributed by atoms with Crippen molar-refractivity contribution in [3.05, 3.63) is 109 Å². The highest BCUT2D eigenvalue weighted by Crippen LogP contribution is 2.35. The van der Waals surface area contributed by atoms with E-state index < -0.39 is 45.2 Å². The lowest BCUT2D eigenvalue weighted by atomic mass is 10.1. The lowest BCUT2D eigenvalue weighted by molar-refractivity contribution is -0.161. The molecule has 0 bridgehead atoms. The van der Waals surface area contributed by atoms with Gasteiger partial charge in [0.1, 0.15) is 6.61 Å². The second-order valence-corrected chi connectivity index (χ2v) is 14.3. The van der Waals surface area contributed by atoms with Gasteiger partial charge in [-0.3, -0.25) is 14.1 Å². The number of ether oxygens (including phenoxy) is 2. The molecule has 0 rings (SSSR count). The van der Waals surface area contributed by atoms with Crippen LogP contribution in [0.25, 0.3) is 0 Å². The molecule has 0 saturated carbocycles. The van der Waals surface area contributed by atoms with Crippen molar-refractivity contribution in [2.75, 3.05) is 13.2 Å². The topological polar surface area (TPSA) is 140 Å². The second-order valence-electron chi connectivity index (χ2n) is 13.1. The minimum atomic E-state index is -4.83. The molecule has 0 aliphatic heterocycles. The Hall–Kier alpha value is -3.33. The zero-order chi connectivity index (χ0) is 40.5. The number of unbranched alkanes of at least 4 members (excludes halogenated alkanes) is 6. The summed E-state index contributed by atoms with van der Waals surface area (Å²) in [6, 6.07) is 0. The Morgan fingerprint density at radius 3 is 1.53 bits per heavy atom. The number of hydrogen-bond donors (Lipinski definition) is 3. The van der Waals surface area contributed by atoms with Crippen molar-refractivity contribution >= 4 is 19.8 Å². The van der Waals surface area contributed by atoms with E-state index >= 15 is 0 Å². The highest BCUT2D eigenvalue weighted by molar-refractivity contribution is 7.46. The van der Waals surface area contributed by atoms with Gasteiger partial charge in [-0.05, 0) is 83.5 Å². The van der Waals surface area contributed by atoms with Gasteiger partial charge < -0.3 is 24.4 Å². The Bertz CT molecular complexity index is 1270. The molecular formula is C45H71O9P. The van der Waals surface area contributed by atoms with Crippen molar-refractivity contribution < 1.29 is 43.0 Å². The summed E-state index contributed by atoms with van der Waals surface area (Å²) in [5.41, 5.74) is 0. The first-order chi connectivity index (χ1) is 26.7. The van der Waals surface area contributed by atoms with Crippen LogP contribution in [-0.4, -0.2) is 52.3 Å². The molecule has 0 aromatic rings. The van der Waals surface area contributed by atoms with E-state index in [9.17, 15) is 19.3 Å². The molecule has 310 valence electrons. The normalized spacial score (nSPS) is 14.2. The summed E-state index contributed by atoms with van der Waals surface area (Å²) >= 11 is 0. The van der Waals surface area contributed by atoms with Gasteiger partial charge in [0, 0.05) is 12.8 Å². The number of carbonyl (C=O) groups excluding carboxylic acids is 2. The van der Waals surface area contributed by atoms with Crippen molar-refractivity contribution in [3.8, 4) is 0 Å². The number of esters is 2. The summed E-state index contributed by atoms with van der Waals surface area (Å²) in [5, 5.41) is 10.2. The lowest BCUT2D eigenvalue weighted by Gasteiger charge is -2.18. The van der Waals surface area contributed by atoms with Gasteiger partial charge >= 0.3 is 19.8 Å². The number of carbonyl (C=O) groups is 2. The van der Waals surface area contributed by atoms with Crippen LogP contribution in [0.4, 0.5) is 0 Å². The van der Waals surface area contributed by atoms with Crippen LogP contribution in [0.3, 0.4) is 0 Å². The van der Waals surface area contributed by atoms with Crippen LogP contribution in [0.5, 0.6) is 0 Å². The molecule has 0 heterocycles. The van der Waals surface area contributed by atoms with Crippen molar-refractivity contribution in [1.29, 1.82) is 0 Å². The average Bonchev–Trinajstić information content (AvgIpc) is 3.15. The number of hydrogen-bond acceptors (Lipinski definition) is 7. The maximum Gasteiger partial charge on any atom is 0.469 e. The minimum absolute atomic E-state index is 0.0167. The summed E-state index contributed by atoms with van der Waals surface area (Å²) in [6.07, 6.45) is 51.4. The molecule has 0 fully saturated rings. The Balaban J connectivity index is 4.29. The fourth-order valence-corrected chi connectivity index (χ4v) is 5.17. The van der Waals surface area contributed by atoms with Gasteiger partial charge in [-0.25, -0.2) is 4.57 Å². The molecule has 0 saturated heterocycles. The maximum absolute atomic E-state index is 12.4. The Kier molecular flexibility index (Phi) is 36.6. The predicted octanol–water partition coefficient (Wildman–Crippen LogP) is 11.4. The monoisotopic (exact) mass is 786 g/mol. The molecule has 0 aromatic heterocycles. The third-order valence-electron chi connectivity index (χ3n) is 7.88. The van der Waals surface area contributed by atoms with Crippen LogP contribution >= 0.6 is 7.82 Å². The Morgan fingerprint density at radius 1 is 0.564 bits per heavy atom. The summed E-state index contributed by atoms with van der Waals surface area (Å²) in [7, 11) is -4.83. The van der Waals surface area contributed by atoms with Crippen LogP contribution in [-0.2, 0) is 28.2 Å². The van der Waals surface area contributed by atoms with Gasteiger partial charge in [-0.1, -0.05) is 149 Å². The number of allylic oxidation sites excluding steroid dienone is 17. The number of phosphoric acid groups is 1. The first-order valence-electron chi connectivity index (χ1n) is 20.3. The molecule has 9 nitrogen and oxygen atoms in total. The minimum Gasteiger partial charge on any atom is -0.462 e. The van der Waals surface area contributed by atoms with Crippen molar-refractivity contribution in [2.24, 2.45) is 0 Å². The number of rotatable bonds is 35. The third kappa shape index (κ3) is 41.7. The SMILES string of the molecule is CCCCC/C=C\C/C=C\C/C=C\C=C\[C@@H](O)CCCC(=O)OC[C@H](COP(=O)(O)O)OC(=O)CC/C=C\C/C=C\C/C=C\C/C=C\C/C=C\CCCCC. The molecular weight excluding hydrogens is 715 g/mol. The zero-order valence-corrected chi connectivity index (χ0v) is 34.5. The van der Waals surface area contributed by atoms with Gasteiger partial charge in [0.25, 0.3) is 0 Å². The summed E-state index contributed by atoms with van der Waals surface area (Å²) in [4.78, 5) is 42.8. The molecule has 2 atom stereocenters. The van der Waals surface area contributed by atoms with Gasteiger partial charge in [0.2, 0.25) is 0 Å². The molecule has 0 aliphatic carbocycles. The Labute approximate surface area is 332 Å². The fourth-order valence-electron chi connectivity index (χ4n) is 4.81. The van der Waals surface area contributed by atoms with Gasteiger partial charge in [-0.15, -0.1) is 0 Å². The van der Waals surface area contributed by atoms with E-state index in [-0.39, 0.29) is 12.8 Å². The van der Waals surface area contributed by atoms with E-state index in [1.165, 1.54) is 44.9 Å². The van der Waals surface area contributed by atoms with Gasteiger partial charge in [-0.2, -0.15) is 0 Å². The van der Waals surface area contributed by atoms with Gasteiger partial charge in [0.15, 0.2) is 6.10 Å². The number of aliphatic hydroxyl groups excluding tert-OH is 1. The molecule has 10 heteroatoms. The molecule has 0 aliphatic rings. The summed E-state index contributed by atoms with van der Waals surface area (Å²) < 4.78 is 26.1. The van der Waals surface area contributed by atoms with Crippen LogP contribution in [0.15, 0.2) is 109 Å². The van der Waals surface area contributed by atoms with E-state index in [4.69, 9.17) is 19.3 Å². The Morgan fingerprint density at radius 2 is 1.04 bits per heavy atom. The van der Waals surface area contributed by atoms with E-state index in [1.807, 2.05) is 30.4 Å². The molecule has 0 spiro atoms.